The highest BCUT2D eigenvalue weighted by Crippen LogP contribution is 2.35. The fraction of sp³-hybridized carbons (Fsp3) is 0.357. The number of methoxy groups -OCH3 is 2. The van der Waals surface area contributed by atoms with Crippen LogP contribution < -0.4 is 19.3 Å². The van der Waals surface area contributed by atoms with E-state index in [2.05, 4.69) is 52.8 Å². The number of nitriles is 1. The van der Waals surface area contributed by atoms with Gasteiger partial charge in [-0.3, -0.25) is 4.79 Å². The van der Waals surface area contributed by atoms with Crippen LogP contribution in [0, 0.1) is 11.3 Å². The minimum Gasteiger partial charge on any atom is -0.497 e. The SMILES string of the molecule is C=CC(=O)N1CCN(c2nc(OC)nc3c2CCN(c2cccc4ccc(OC)cc24)C3)CC1CC#N. The Morgan fingerprint density at radius 1 is 1.16 bits per heavy atom. The Kier molecular flexibility index (Phi) is 6.82. The molecule has 0 N–H and O–H groups in total. The van der Waals surface area contributed by atoms with Gasteiger partial charge in [-0.25, -0.2) is 0 Å². The van der Waals surface area contributed by atoms with Gasteiger partial charge in [-0.05, 0) is 36.1 Å². The van der Waals surface area contributed by atoms with Gasteiger partial charge in [0.1, 0.15) is 11.6 Å². The molecule has 2 aromatic carbocycles. The van der Waals surface area contributed by atoms with Crippen LogP contribution in [-0.4, -0.2) is 67.2 Å². The summed E-state index contributed by atoms with van der Waals surface area (Å²) in [7, 11) is 3.25. The Morgan fingerprint density at radius 2 is 2.03 bits per heavy atom. The molecular formula is C28H30N6O3. The van der Waals surface area contributed by atoms with Crippen molar-refractivity contribution in [3.63, 3.8) is 0 Å². The molecule has 0 radical (unpaired) electrons. The third kappa shape index (κ3) is 4.62. The standard InChI is InChI=1S/C28H30N6O3/c1-4-26(35)34-15-14-33(17-20(34)10-12-29)27-22-11-13-32(18-24(22)30-28(31-27)37-3)25-7-5-6-19-8-9-21(36-2)16-23(19)25/h4-9,16,20H,1,10-11,13-15,17-18H2,2-3H3. The van der Waals surface area contributed by atoms with Gasteiger partial charge in [-0.2, -0.15) is 15.2 Å². The van der Waals surface area contributed by atoms with E-state index in [1.807, 2.05) is 6.07 Å². The molecule has 0 aliphatic carbocycles. The molecule has 0 spiro atoms. The first-order chi connectivity index (χ1) is 18.1. The molecule has 37 heavy (non-hydrogen) atoms. The number of ether oxygens (including phenoxy) is 2. The van der Waals surface area contributed by atoms with E-state index in [9.17, 15) is 10.1 Å². The average molecular weight is 499 g/mol. The Morgan fingerprint density at radius 3 is 2.78 bits per heavy atom. The molecule has 1 saturated heterocycles. The third-order valence-electron chi connectivity index (χ3n) is 7.18. The predicted octanol–water partition coefficient (Wildman–Crippen LogP) is 3.33. The number of aromatic nitrogens is 2. The van der Waals surface area contributed by atoms with Crippen molar-refractivity contribution in [1.29, 1.82) is 5.26 Å². The quantitative estimate of drug-likeness (QED) is 0.478. The molecule has 190 valence electrons. The van der Waals surface area contributed by atoms with Crippen LogP contribution in [0.15, 0.2) is 49.1 Å². The van der Waals surface area contributed by atoms with Crippen LogP contribution in [0.3, 0.4) is 0 Å². The van der Waals surface area contributed by atoms with Gasteiger partial charge in [-0.15, -0.1) is 0 Å². The summed E-state index contributed by atoms with van der Waals surface area (Å²) in [5.41, 5.74) is 3.15. The fourth-order valence-corrected chi connectivity index (χ4v) is 5.32. The molecule has 2 aliphatic rings. The van der Waals surface area contributed by atoms with E-state index in [0.29, 0.717) is 32.2 Å². The number of fused-ring (bicyclic) bond motifs is 2. The fourth-order valence-electron chi connectivity index (χ4n) is 5.32. The lowest BCUT2D eigenvalue weighted by Crippen LogP contribution is -2.55. The van der Waals surface area contributed by atoms with Gasteiger partial charge in [0.15, 0.2) is 0 Å². The molecule has 1 amide bonds. The molecule has 0 bridgehead atoms. The van der Waals surface area contributed by atoms with Crippen LogP contribution in [-0.2, 0) is 17.8 Å². The summed E-state index contributed by atoms with van der Waals surface area (Å²) >= 11 is 0. The summed E-state index contributed by atoms with van der Waals surface area (Å²) in [4.78, 5) is 28.0. The molecule has 5 rings (SSSR count). The molecular weight excluding hydrogens is 468 g/mol. The number of benzene rings is 2. The molecule has 1 aromatic heterocycles. The van der Waals surface area contributed by atoms with E-state index in [4.69, 9.17) is 19.4 Å². The molecule has 3 aromatic rings. The molecule has 2 aliphatic heterocycles. The van der Waals surface area contributed by atoms with E-state index in [-0.39, 0.29) is 18.4 Å². The number of rotatable bonds is 6. The Hall–Kier alpha value is -4.32. The van der Waals surface area contributed by atoms with Crippen molar-refractivity contribution in [2.24, 2.45) is 0 Å². The first kappa shape index (κ1) is 24.4. The topological polar surface area (TPSA) is 94.8 Å². The number of hydrogen-bond donors (Lipinski definition) is 0. The van der Waals surface area contributed by atoms with E-state index in [1.165, 1.54) is 6.08 Å². The van der Waals surface area contributed by atoms with Gasteiger partial charge in [0, 0.05) is 42.8 Å². The number of carbonyl (C=O) groups is 1. The normalized spacial score (nSPS) is 17.2. The van der Waals surface area contributed by atoms with Crippen molar-refractivity contribution in [2.45, 2.75) is 25.4 Å². The summed E-state index contributed by atoms with van der Waals surface area (Å²) in [5, 5.41) is 11.7. The lowest BCUT2D eigenvalue weighted by atomic mass is 10.0. The summed E-state index contributed by atoms with van der Waals surface area (Å²) in [5.74, 6) is 1.50. The largest absolute Gasteiger partial charge is 0.497 e. The Labute approximate surface area is 216 Å². The van der Waals surface area contributed by atoms with Crippen molar-refractivity contribution in [3.05, 3.63) is 60.3 Å². The molecule has 1 atom stereocenters. The molecule has 3 heterocycles. The molecule has 9 heteroatoms. The van der Waals surface area contributed by atoms with Crippen molar-refractivity contribution in [3.8, 4) is 17.8 Å². The van der Waals surface area contributed by atoms with Crippen molar-refractivity contribution in [1.82, 2.24) is 14.9 Å². The second-order valence-corrected chi connectivity index (χ2v) is 9.19. The van der Waals surface area contributed by atoms with Crippen molar-refractivity contribution < 1.29 is 14.3 Å². The van der Waals surface area contributed by atoms with Gasteiger partial charge >= 0.3 is 6.01 Å². The van der Waals surface area contributed by atoms with E-state index in [0.717, 1.165) is 52.3 Å². The van der Waals surface area contributed by atoms with E-state index in [1.54, 1.807) is 19.1 Å². The second kappa shape index (κ2) is 10.3. The monoisotopic (exact) mass is 498 g/mol. The van der Waals surface area contributed by atoms with E-state index < -0.39 is 0 Å². The van der Waals surface area contributed by atoms with Crippen molar-refractivity contribution in [2.75, 3.05) is 50.2 Å². The number of piperazine rings is 1. The van der Waals surface area contributed by atoms with Crippen molar-refractivity contribution >= 4 is 28.2 Å². The Balaban J connectivity index is 1.48. The average Bonchev–Trinajstić information content (AvgIpc) is 2.95. The zero-order chi connectivity index (χ0) is 25.9. The van der Waals surface area contributed by atoms with Crippen LogP contribution in [0.25, 0.3) is 10.8 Å². The highest BCUT2D eigenvalue weighted by atomic mass is 16.5. The molecule has 0 saturated carbocycles. The number of hydrogen-bond acceptors (Lipinski definition) is 8. The Bertz CT molecular complexity index is 1380. The highest BCUT2D eigenvalue weighted by molar-refractivity contribution is 5.95. The van der Waals surface area contributed by atoms with Gasteiger partial charge in [-0.1, -0.05) is 24.8 Å². The van der Waals surface area contributed by atoms with Crippen LogP contribution >= 0.6 is 0 Å². The summed E-state index contributed by atoms with van der Waals surface area (Å²) in [6.07, 6.45) is 2.33. The first-order valence-corrected chi connectivity index (χ1v) is 12.4. The highest BCUT2D eigenvalue weighted by Gasteiger charge is 2.33. The summed E-state index contributed by atoms with van der Waals surface area (Å²) < 4.78 is 11.0. The summed E-state index contributed by atoms with van der Waals surface area (Å²) in [6.45, 7) is 6.67. The maximum absolute atomic E-state index is 12.4. The van der Waals surface area contributed by atoms with Crippen LogP contribution in [0.2, 0.25) is 0 Å². The van der Waals surface area contributed by atoms with Gasteiger partial charge in [0.25, 0.3) is 0 Å². The number of carbonyl (C=O) groups excluding carboxylic acids is 1. The molecule has 1 fully saturated rings. The number of amides is 1. The number of nitrogens with zero attached hydrogens (tertiary/aromatic N) is 6. The number of anilines is 2. The van der Waals surface area contributed by atoms with Crippen LogP contribution in [0.1, 0.15) is 17.7 Å². The zero-order valence-electron chi connectivity index (χ0n) is 21.2. The summed E-state index contributed by atoms with van der Waals surface area (Å²) in [6, 6.07) is 14.7. The minimum absolute atomic E-state index is 0.149. The van der Waals surface area contributed by atoms with Gasteiger partial charge in [0.05, 0.1) is 45.0 Å². The zero-order valence-corrected chi connectivity index (χ0v) is 21.2. The first-order valence-electron chi connectivity index (χ1n) is 12.4. The maximum atomic E-state index is 12.4. The minimum atomic E-state index is -0.230. The predicted molar refractivity (Wildman–Crippen MR) is 142 cm³/mol. The van der Waals surface area contributed by atoms with Gasteiger partial charge in [0.2, 0.25) is 5.91 Å². The second-order valence-electron chi connectivity index (χ2n) is 9.19. The van der Waals surface area contributed by atoms with Crippen LogP contribution in [0.5, 0.6) is 11.8 Å². The third-order valence-corrected chi connectivity index (χ3v) is 7.18. The lowest BCUT2D eigenvalue weighted by Gasteiger charge is -2.42. The van der Waals surface area contributed by atoms with E-state index >= 15 is 0 Å². The maximum Gasteiger partial charge on any atom is 0.318 e. The lowest BCUT2D eigenvalue weighted by molar-refractivity contribution is -0.128. The molecule has 9 nitrogen and oxygen atoms in total. The van der Waals surface area contributed by atoms with Gasteiger partial charge < -0.3 is 24.2 Å². The smallest absolute Gasteiger partial charge is 0.318 e. The molecule has 1 unspecified atom stereocenters. The van der Waals surface area contributed by atoms with Crippen LogP contribution in [0.4, 0.5) is 11.5 Å².